The van der Waals surface area contributed by atoms with Gasteiger partial charge in [0.15, 0.2) is 0 Å². The van der Waals surface area contributed by atoms with E-state index in [9.17, 15) is 9.59 Å². The number of benzene rings is 1. The molecule has 0 aromatic heterocycles. The second-order valence-corrected chi connectivity index (χ2v) is 3.79. The Balaban J connectivity index is 1.86. The van der Waals surface area contributed by atoms with Gasteiger partial charge in [-0.1, -0.05) is 30.3 Å². The molecule has 1 aromatic carbocycles. The summed E-state index contributed by atoms with van der Waals surface area (Å²) in [5, 5.41) is 2.74. The minimum Gasteiger partial charge on any atom is -0.334 e. The van der Waals surface area contributed by atoms with Crippen LogP contribution in [0.1, 0.15) is 18.4 Å². The molecule has 0 unspecified atom stereocenters. The van der Waals surface area contributed by atoms with Gasteiger partial charge in [-0.2, -0.15) is 0 Å². The summed E-state index contributed by atoms with van der Waals surface area (Å²) >= 11 is 0. The average molecular weight is 218 g/mol. The molecular formula is C12H14N2O2. The van der Waals surface area contributed by atoms with Crippen LogP contribution in [-0.2, 0) is 11.3 Å². The Kier molecular flexibility index (Phi) is 3.19. The molecule has 1 aliphatic rings. The molecule has 4 nitrogen and oxygen atoms in total. The molecule has 1 saturated heterocycles. The molecule has 2 rings (SSSR count). The second kappa shape index (κ2) is 4.79. The van der Waals surface area contributed by atoms with Crippen molar-refractivity contribution in [3.8, 4) is 0 Å². The Morgan fingerprint density at radius 2 is 2.06 bits per heavy atom. The number of carbonyl (C=O) groups is 2. The summed E-state index contributed by atoms with van der Waals surface area (Å²) in [5.41, 5.74) is 1.03. The van der Waals surface area contributed by atoms with E-state index in [1.807, 2.05) is 30.3 Å². The maximum absolute atomic E-state index is 11.6. The largest absolute Gasteiger partial charge is 0.334 e. The standard InChI is InChI=1S/C12H14N2O2/c15-11-7-4-8-14(11)12(16)13-9-10-5-2-1-3-6-10/h1-3,5-6H,4,7-9H2,(H,13,16). The molecule has 0 aliphatic carbocycles. The predicted octanol–water partition coefficient (Wildman–Crippen LogP) is 1.52. The minimum absolute atomic E-state index is 0.0782. The van der Waals surface area contributed by atoms with E-state index in [-0.39, 0.29) is 11.9 Å². The third-order valence-corrected chi connectivity index (χ3v) is 2.61. The maximum Gasteiger partial charge on any atom is 0.324 e. The van der Waals surface area contributed by atoms with Gasteiger partial charge >= 0.3 is 6.03 Å². The molecule has 1 fully saturated rings. The van der Waals surface area contributed by atoms with Gasteiger partial charge in [-0.05, 0) is 12.0 Å². The Labute approximate surface area is 94.2 Å². The summed E-state index contributed by atoms with van der Waals surface area (Å²) in [6.45, 7) is 1.00. The van der Waals surface area contributed by atoms with E-state index in [1.54, 1.807) is 0 Å². The van der Waals surface area contributed by atoms with Crippen LogP contribution in [0.25, 0.3) is 0 Å². The molecule has 4 heteroatoms. The first-order valence-electron chi connectivity index (χ1n) is 5.39. The van der Waals surface area contributed by atoms with Crippen LogP contribution in [0.5, 0.6) is 0 Å². The molecule has 0 saturated carbocycles. The summed E-state index contributed by atoms with van der Waals surface area (Å²) < 4.78 is 0. The lowest BCUT2D eigenvalue weighted by Crippen LogP contribution is -2.40. The number of rotatable bonds is 2. The molecule has 3 amide bonds. The highest BCUT2D eigenvalue weighted by molar-refractivity contribution is 5.95. The number of hydrogen-bond donors (Lipinski definition) is 1. The fraction of sp³-hybridized carbons (Fsp3) is 0.333. The average Bonchev–Trinajstić information content (AvgIpc) is 2.74. The van der Waals surface area contributed by atoms with Crippen molar-refractivity contribution in [3.05, 3.63) is 35.9 Å². The van der Waals surface area contributed by atoms with E-state index in [4.69, 9.17) is 0 Å². The van der Waals surface area contributed by atoms with Gasteiger partial charge in [-0.3, -0.25) is 9.69 Å². The van der Waals surface area contributed by atoms with Crippen molar-refractivity contribution in [1.29, 1.82) is 0 Å². The molecule has 84 valence electrons. The smallest absolute Gasteiger partial charge is 0.324 e. The first-order chi connectivity index (χ1) is 7.77. The minimum atomic E-state index is -0.286. The molecular weight excluding hydrogens is 204 g/mol. The van der Waals surface area contributed by atoms with Gasteiger partial charge in [0, 0.05) is 19.5 Å². The Bertz CT molecular complexity index is 389. The monoisotopic (exact) mass is 218 g/mol. The van der Waals surface area contributed by atoms with Gasteiger partial charge in [0.1, 0.15) is 0 Å². The van der Waals surface area contributed by atoms with Crippen LogP contribution < -0.4 is 5.32 Å². The van der Waals surface area contributed by atoms with Crippen LogP contribution in [0.2, 0.25) is 0 Å². The van der Waals surface area contributed by atoms with E-state index in [0.717, 1.165) is 12.0 Å². The molecule has 0 bridgehead atoms. The lowest BCUT2D eigenvalue weighted by molar-refractivity contribution is -0.125. The van der Waals surface area contributed by atoms with Crippen LogP contribution in [0.3, 0.4) is 0 Å². The molecule has 1 aliphatic heterocycles. The van der Waals surface area contributed by atoms with Crippen molar-refractivity contribution < 1.29 is 9.59 Å². The number of nitrogens with zero attached hydrogens (tertiary/aromatic N) is 1. The van der Waals surface area contributed by atoms with Gasteiger partial charge in [-0.15, -0.1) is 0 Å². The zero-order chi connectivity index (χ0) is 11.4. The van der Waals surface area contributed by atoms with Crippen molar-refractivity contribution in [2.24, 2.45) is 0 Å². The highest BCUT2D eigenvalue weighted by Gasteiger charge is 2.25. The quantitative estimate of drug-likeness (QED) is 0.818. The number of hydrogen-bond acceptors (Lipinski definition) is 2. The fourth-order valence-electron chi connectivity index (χ4n) is 1.73. The van der Waals surface area contributed by atoms with Crippen molar-refractivity contribution in [2.75, 3.05) is 6.54 Å². The van der Waals surface area contributed by atoms with E-state index >= 15 is 0 Å². The molecule has 0 radical (unpaired) electrons. The number of nitrogens with one attached hydrogen (secondary N) is 1. The number of urea groups is 1. The van der Waals surface area contributed by atoms with Crippen molar-refractivity contribution in [3.63, 3.8) is 0 Å². The van der Waals surface area contributed by atoms with Gasteiger partial charge < -0.3 is 5.32 Å². The number of imide groups is 1. The van der Waals surface area contributed by atoms with Crippen molar-refractivity contribution in [2.45, 2.75) is 19.4 Å². The predicted molar refractivity (Wildman–Crippen MR) is 59.6 cm³/mol. The van der Waals surface area contributed by atoms with Gasteiger partial charge in [-0.25, -0.2) is 4.79 Å². The van der Waals surface area contributed by atoms with E-state index in [1.165, 1.54) is 4.90 Å². The topological polar surface area (TPSA) is 49.4 Å². The first kappa shape index (κ1) is 10.7. The highest BCUT2D eigenvalue weighted by atomic mass is 16.2. The summed E-state index contributed by atoms with van der Waals surface area (Å²) in [7, 11) is 0. The molecule has 16 heavy (non-hydrogen) atoms. The van der Waals surface area contributed by atoms with Crippen LogP contribution >= 0.6 is 0 Å². The fourth-order valence-corrected chi connectivity index (χ4v) is 1.73. The molecule has 0 atom stereocenters. The van der Waals surface area contributed by atoms with Crippen LogP contribution in [0.4, 0.5) is 4.79 Å². The third kappa shape index (κ3) is 2.39. The third-order valence-electron chi connectivity index (χ3n) is 2.61. The first-order valence-corrected chi connectivity index (χ1v) is 5.39. The maximum atomic E-state index is 11.6. The molecule has 1 N–H and O–H groups in total. The summed E-state index contributed by atoms with van der Waals surface area (Å²) in [6, 6.07) is 9.35. The van der Waals surface area contributed by atoms with Crippen LogP contribution in [0.15, 0.2) is 30.3 Å². The van der Waals surface area contributed by atoms with Gasteiger partial charge in [0.25, 0.3) is 0 Å². The molecule has 1 aromatic rings. The van der Waals surface area contributed by atoms with Crippen molar-refractivity contribution >= 4 is 11.9 Å². The van der Waals surface area contributed by atoms with Crippen LogP contribution in [0, 0.1) is 0 Å². The van der Waals surface area contributed by atoms with Crippen LogP contribution in [-0.4, -0.2) is 23.4 Å². The summed E-state index contributed by atoms with van der Waals surface area (Å²) in [5.74, 6) is -0.0782. The van der Waals surface area contributed by atoms with E-state index in [2.05, 4.69) is 5.32 Å². The summed E-state index contributed by atoms with van der Waals surface area (Å²) in [6.07, 6.45) is 1.26. The van der Waals surface area contributed by atoms with E-state index < -0.39 is 0 Å². The van der Waals surface area contributed by atoms with Crippen molar-refractivity contribution in [1.82, 2.24) is 10.2 Å². The van der Waals surface area contributed by atoms with Gasteiger partial charge in [0.05, 0.1) is 0 Å². The Hall–Kier alpha value is -1.84. The number of likely N-dealkylation sites (tertiary alicyclic amines) is 1. The zero-order valence-electron chi connectivity index (χ0n) is 8.98. The van der Waals surface area contributed by atoms with Gasteiger partial charge in [0.2, 0.25) is 5.91 Å². The second-order valence-electron chi connectivity index (χ2n) is 3.79. The molecule has 1 heterocycles. The SMILES string of the molecule is O=C1CCCN1C(=O)NCc1ccccc1. The lowest BCUT2D eigenvalue weighted by atomic mass is 10.2. The number of carbonyl (C=O) groups excluding carboxylic acids is 2. The Morgan fingerprint density at radius 3 is 2.69 bits per heavy atom. The normalized spacial score (nSPS) is 15.2. The zero-order valence-corrected chi connectivity index (χ0v) is 8.98. The number of amides is 3. The summed E-state index contributed by atoms with van der Waals surface area (Å²) in [4.78, 5) is 24.2. The molecule has 0 spiro atoms. The Morgan fingerprint density at radius 1 is 1.31 bits per heavy atom. The highest BCUT2D eigenvalue weighted by Crippen LogP contribution is 2.09. The lowest BCUT2D eigenvalue weighted by Gasteiger charge is -2.14. The van der Waals surface area contributed by atoms with E-state index in [0.29, 0.717) is 19.5 Å².